The molecule has 0 radical (unpaired) electrons. The van der Waals surface area contributed by atoms with E-state index in [1.165, 1.54) is 47.0 Å². The first kappa shape index (κ1) is 17.6. The first-order valence-corrected chi connectivity index (χ1v) is 7.93. The molecule has 0 saturated carbocycles. The minimum atomic E-state index is -5.05. The molecule has 1 amide bonds. The molecule has 0 aliphatic carbocycles. The van der Waals surface area contributed by atoms with Crippen molar-refractivity contribution in [3.63, 3.8) is 0 Å². The summed E-state index contributed by atoms with van der Waals surface area (Å²) in [5.74, 6) is -2.85. The lowest BCUT2D eigenvalue weighted by atomic mass is 10.4. The van der Waals surface area contributed by atoms with Crippen LogP contribution in [0.15, 0.2) is 52.5 Å². The number of alkyl halides is 3. The van der Waals surface area contributed by atoms with E-state index in [4.69, 9.17) is 11.6 Å². The molecule has 2 heterocycles. The highest BCUT2D eigenvalue weighted by atomic mass is 35.5. The van der Waals surface area contributed by atoms with Crippen molar-refractivity contribution in [2.24, 2.45) is 0 Å². The Hall–Kier alpha value is -2.26. The number of imidazole rings is 1. The lowest BCUT2D eigenvalue weighted by Gasteiger charge is -2.08. The Morgan fingerprint density at radius 3 is 2.48 bits per heavy atom. The van der Waals surface area contributed by atoms with E-state index in [0.29, 0.717) is 15.6 Å². The topological polar surface area (TPSA) is 46.4 Å². The van der Waals surface area contributed by atoms with Crippen LogP contribution >= 0.6 is 23.4 Å². The summed E-state index contributed by atoms with van der Waals surface area (Å²) in [6, 6.07) is 8.36. The van der Waals surface area contributed by atoms with E-state index in [1.807, 2.05) is 0 Å². The van der Waals surface area contributed by atoms with Gasteiger partial charge in [0.15, 0.2) is 5.82 Å². The van der Waals surface area contributed by atoms with Gasteiger partial charge in [-0.15, -0.1) is 0 Å². The lowest BCUT2D eigenvalue weighted by Crippen LogP contribution is -2.30. The number of nitrogens with one attached hydrogen (secondary N) is 1. The fourth-order valence-corrected chi connectivity index (χ4v) is 3.06. The Morgan fingerprint density at radius 2 is 1.84 bits per heavy atom. The normalized spacial score (nSPS) is 11.7. The van der Waals surface area contributed by atoms with Gasteiger partial charge in [0, 0.05) is 11.1 Å². The molecular formula is C15H8ClF4N3OS. The maximum atomic E-state index is 13.0. The summed E-state index contributed by atoms with van der Waals surface area (Å²) in [5.41, 5.74) is 0.298. The van der Waals surface area contributed by atoms with Crippen LogP contribution in [0.5, 0.6) is 0 Å². The second-order valence-electron chi connectivity index (χ2n) is 4.85. The zero-order chi connectivity index (χ0) is 18.2. The number of pyridine rings is 1. The third-order valence-electron chi connectivity index (χ3n) is 3.06. The number of aromatic nitrogens is 2. The van der Waals surface area contributed by atoms with Crippen molar-refractivity contribution in [3.05, 3.63) is 53.4 Å². The Bertz CT molecular complexity index is 940. The number of hydrogen-bond acceptors (Lipinski definition) is 3. The van der Waals surface area contributed by atoms with Gasteiger partial charge in [-0.1, -0.05) is 23.4 Å². The molecule has 10 heteroatoms. The van der Waals surface area contributed by atoms with Crippen LogP contribution in [0.4, 0.5) is 23.4 Å². The van der Waals surface area contributed by atoms with Crippen LogP contribution in [0, 0.1) is 5.82 Å². The minimum absolute atomic E-state index is 0.210. The molecule has 0 spiro atoms. The van der Waals surface area contributed by atoms with Crippen LogP contribution in [0.1, 0.15) is 0 Å². The summed E-state index contributed by atoms with van der Waals surface area (Å²) in [4.78, 5) is 15.8. The summed E-state index contributed by atoms with van der Waals surface area (Å²) in [6.45, 7) is 0. The SMILES string of the molecule is O=C(Nc1nc2ccc(Cl)cn2c1Sc1ccc(F)cc1)C(F)(F)F. The Morgan fingerprint density at radius 1 is 1.16 bits per heavy atom. The minimum Gasteiger partial charge on any atom is -0.300 e. The highest BCUT2D eigenvalue weighted by molar-refractivity contribution is 7.99. The van der Waals surface area contributed by atoms with Gasteiger partial charge in [-0.25, -0.2) is 9.37 Å². The number of amides is 1. The number of halogens is 5. The van der Waals surface area contributed by atoms with Crippen molar-refractivity contribution in [3.8, 4) is 0 Å². The van der Waals surface area contributed by atoms with Crippen molar-refractivity contribution in [2.45, 2.75) is 16.1 Å². The number of carbonyl (C=O) groups is 1. The average molecular weight is 390 g/mol. The van der Waals surface area contributed by atoms with Crippen LogP contribution < -0.4 is 5.32 Å². The Balaban J connectivity index is 2.06. The standard InChI is InChI=1S/C15H8ClF4N3OS/c16-8-1-6-11-21-12(22-14(24)15(18,19)20)13(23(11)7-8)25-10-4-2-9(17)3-5-10/h1-7H,(H,22,24). The van der Waals surface area contributed by atoms with Gasteiger partial charge < -0.3 is 5.32 Å². The second-order valence-corrected chi connectivity index (χ2v) is 6.35. The lowest BCUT2D eigenvalue weighted by molar-refractivity contribution is -0.167. The first-order chi connectivity index (χ1) is 11.7. The van der Waals surface area contributed by atoms with E-state index in [9.17, 15) is 22.4 Å². The predicted octanol–water partition coefficient (Wildman–Crippen LogP) is 4.78. The van der Waals surface area contributed by atoms with Gasteiger partial charge in [-0.2, -0.15) is 13.2 Å². The van der Waals surface area contributed by atoms with Crippen molar-refractivity contribution in [1.29, 1.82) is 0 Å². The molecule has 130 valence electrons. The second kappa shape index (κ2) is 6.57. The molecule has 3 rings (SSSR count). The van der Waals surface area contributed by atoms with Gasteiger partial charge in [-0.3, -0.25) is 9.20 Å². The number of benzene rings is 1. The monoisotopic (exact) mass is 389 g/mol. The Labute approximate surface area is 147 Å². The fraction of sp³-hybridized carbons (Fsp3) is 0.0667. The number of hydrogen-bond donors (Lipinski definition) is 1. The zero-order valence-corrected chi connectivity index (χ0v) is 13.7. The van der Waals surface area contributed by atoms with Crippen LogP contribution in [0.2, 0.25) is 5.02 Å². The average Bonchev–Trinajstić information content (AvgIpc) is 2.86. The highest BCUT2D eigenvalue weighted by Gasteiger charge is 2.39. The van der Waals surface area contributed by atoms with E-state index in [2.05, 4.69) is 4.98 Å². The summed E-state index contributed by atoms with van der Waals surface area (Å²) in [5, 5.41) is 2.30. The van der Waals surface area contributed by atoms with Gasteiger partial charge in [0.25, 0.3) is 0 Å². The molecule has 1 aromatic carbocycles. The van der Waals surface area contributed by atoms with Crippen molar-refractivity contribution in [1.82, 2.24) is 9.38 Å². The van der Waals surface area contributed by atoms with Gasteiger partial charge in [0.05, 0.1) is 5.02 Å². The van der Waals surface area contributed by atoms with E-state index in [-0.39, 0.29) is 10.8 Å². The van der Waals surface area contributed by atoms with Crippen LogP contribution in [0.25, 0.3) is 5.65 Å². The van der Waals surface area contributed by atoms with E-state index in [1.54, 1.807) is 5.32 Å². The van der Waals surface area contributed by atoms with Crippen LogP contribution in [0.3, 0.4) is 0 Å². The molecule has 4 nitrogen and oxygen atoms in total. The molecular weight excluding hydrogens is 382 g/mol. The smallest absolute Gasteiger partial charge is 0.300 e. The quantitative estimate of drug-likeness (QED) is 0.656. The largest absolute Gasteiger partial charge is 0.471 e. The summed E-state index contributed by atoms with van der Waals surface area (Å²) < 4.78 is 52.1. The third kappa shape index (κ3) is 3.88. The molecule has 2 aromatic heterocycles. The van der Waals surface area contributed by atoms with Gasteiger partial charge in [0.1, 0.15) is 16.5 Å². The summed E-state index contributed by atoms with van der Waals surface area (Å²) in [7, 11) is 0. The van der Waals surface area contributed by atoms with Crippen molar-refractivity contribution in [2.75, 3.05) is 5.32 Å². The highest BCUT2D eigenvalue weighted by Crippen LogP contribution is 2.35. The van der Waals surface area contributed by atoms with Gasteiger partial charge >= 0.3 is 12.1 Å². The Kier molecular flexibility index (Phi) is 4.61. The number of fused-ring (bicyclic) bond motifs is 1. The number of anilines is 1. The molecule has 3 aromatic rings. The first-order valence-electron chi connectivity index (χ1n) is 6.73. The van der Waals surface area contributed by atoms with Crippen LogP contribution in [-0.4, -0.2) is 21.5 Å². The molecule has 25 heavy (non-hydrogen) atoms. The summed E-state index contributed by atoms with van der Waals surface area (Å²) >= 11 is 6.94. The van der Waals surface area contributed by atoms with Gasteiger partial charge in [-0.05, 0) is 36.4 Å². The van der Waals surface area contributed by atoms with Crippen molar-refractivity contribution < 1.29 is 22.4 Å². The van der Waals surface area contributed by atoms with E-state index < -0.39 is 17.9 Å². The third-order valence-corrected chi connectivity index (χ3v) is 4.37. The van der Waals surface area contributed by atoms with Crippen molar-refractivity contribution >= 4 is 40.7 Å². The molecule has 0 saturated heterocycles. The zero-order valence-electron chi connectivity index (χ0n) is 12.1. The molecule has 0 bridgehead atoms. The molecule has 0 atom stereocenters. The summed E-state index contributed by atoms with van der Waals surface area (Å²) in [6.07, 6.45) is -3.59. The number of carbonyl (C=O) groups excluding carboxylic acids is 1. The molecule has 0 aliphatic heterocycles. The van der Waals surface area contributed by atoms with E-state index >= 15 is 0 Å². The number of rotatable bonds is 3. The number of nitrogens with zero attached hydrogens (tertiary/aromatic N) is 2. The predicted molar refractivity (Wildman–Crippen MR) is 85.4 cm³/mol. The maximum absolute atomic E-state index is 13.0. The van der Waals surface area contributed by atoms with Crippen LogP contribution in [-0.2, 0) is 4.79 Å². The molecule has 0 aliphatic rings. The molecule has 0 unspecified atom stereocenters. The molecule has 0 fully saturated rings. The van der Waals surface area contributed by atoms with E-state index in [0.717, 1.165) is 11.8 Å². The molecule has 1 N–H and O–H groups in total. The fourth-order valence-electron chi connectivity index (χ4n) is 1.97. The van der Waals surface area contributed by atoms with Gasteiger partial charge in [0.2, 0.25) is 0 Å². The maximum Gasteiger partial charge on any atom is 0.471 e.